The number of hydrogen-bond acceptors (Lipinski definition) is 6. The number of rotatable bonds is 3. The van der Waals surface area contributed by atoms with Gasteiger partial charge in [-0.25, -0.2) is 8.42 Å². The van der Waals surface area contributed by atoms with Gasteiger partial charge in [-0.05, 0) is 13.3 Å². The van der Waals surface area contributed by atoms with Gasteiger partial charge in [0.05, 0.1) is 17.3 Å². The van der Waals surface area contributed by atoms with Crippen molar-refractivity contribution < 1.29 is 22.8 Å². The maximum atomic E-state index is 12.0. The lowest BCUT2D eigenvalue weighted by atomic mass is 10.2. The summed E-state index contributed by atoms with van der Waals surface area (Å²) < 4.78 is 22.6. The van der Waals surface area contributed by atoms with E-state index in [9.17, 15) is 22.8 Å². The maximum absolute atomic E-state index is 12.0. The Balaban J connectivity index is 1.88. The van der Waals surface area contributed by atoms with Crippen molar-refractivity contribution in [3.8, 4) is 0 Å². The van der Waals surface area contributed by atoms with Gasteiger partial charge in [-0.2, -0.15) is 0 Å². The van der Waals surface area contributed by atoms with Crippen LogP contribution in [0.2, 0.25) is 0 Å². The first-order valence-corrected chi connectivity index (χ1v) is 9.11. The topological polar surface area (TPSA) is 101 Å². The zero-order chi connectivity index (χ0) is 14.9. The number of imide groups is 1. The molecular weight excluding hydrogens is 304 g/mol. The van der Waals surface area contributed by atoms with Crippen molar-refractivity contribution in [2.75, 3.05) is 23.8 Å². The number of thioether (sulfide) groups is 1. The van der Waals surface area contributed by atoms with E-state index < -0.39 is 27.7 Å². The molecule has 2 rings (SSSR count). The van der Waals surface area contributed by atoms with Crippen LogP contribution in [0.25, 0.3) is 0 Å². The van der Waals surface area contributed by atoms with Gasteiger partial charge in [-0.15, -0.1) is 11.8 Å². The minimum absolute atomic E-state index is 0.0754. The van der Waals surface area contributed by atoms with Gasteiger partial charge in [0.1, 0.15) is 12.6 Å². The maximum Gasteiger partial charge on any atom is 0.249 e. The van der Waals surface area contributed by atoms with Crippen molar-refractivity contribution in [1.29, 1.82) is 0 Å². The molecule has 9 heteroatoms. The molecule has 2 aliphatic rings. The highest BCUT2D eigenvalue weighted by Crippen LogP contribution is 2.24. The smallest absolute Gasteiger partial charge is 0.249 e. The van der Waals surface area contributed by atoms with Crippen molar-refractivity contribution in [2.24, 2.45) is 0 Å². The predicted molar refractivity (Wildman–Crippen MR) is 73.8 cm³/mol. The molecule has 2 aliphatic heterocycles. The van der Waals surface area contributed by atoms with Crippen molar-refractivity contribution in [3.05, 3.63) is 0 Å². The summed E-state index contributed by atoms with van der Waals surface area (Å²) in [5.41, 5.74) is 0. The number of amides is 3. The van der Waals surface area contributed by atoms with Crippen LogP contribution in [0.5, 0.6) is 0 Å². The highest BCUT2D eigenvalue weighted by atomic mass is 32.2. The Morgan fingerprint density at radius 2 is 2.15 bits per heavy atom. The van der Waals surface area contributed by atoms with Crippen molar-refractivity contribution >= 4 is 39.3 Å². The molecule has 2 heterocycles. The summed E-state index contributed by atoms with van der Waals surface area (Å²) in [6.45, 7) is 1.43. The average molecular weight is 320 g/mol. The van der Waals surface area contributed by atoms with E-state index in [0.717, 1.165) is 0 Å². The molecule has 0 saturated carbocycles. The number of hydrogen-bond donors (Lipinski definition) is 1. The van der Waals surface area contributed by atoms with Crippen LogP contribution < -0.4 is 5.32 Å². The molecular formula is C11H16N2O5S2. The Bertz CT molecular complexity index is 545. The molecule has 2 fully saturated rings. The molecule has 7 nitrogen and oxygen atoms in total. The molecule has 0 aromatic heterocycles. The second-order valence-electron chi connectivity index (χ2n) is 4.95. The van der Waals surface area contributed by atoms with E-state index in [-0.39, 0.29) is 35.0 Å². The van der Waals surface area contributed by atoms with E-state index in [1.165, 1.54) is 16.7 Å². The van der Waals surface area contributed by atoms with Gasteiger partial charge in [0.2, 0.25) is 17.7 Å². The monoisotopic (exact) mass is 320 g/mol. The fourth-order valence-corrected chi connectivity index (χ4v) is 5.71. The molecule has 3 amide bonds. The Morgan fingerprint density at radius 1 is 1.45 bits per heavy atom. The van der Waals surface area contributed by atoms with Crippen LogP contribution in [0, 0.1) is 0 Å². The van der Waals surface area contributed by atoms with Gasteiger partial charge < -0.3 is 4.90 Å². The van der Waals surface area contributed by atoms with Crippen LogP contribution in [0.4, 0.5) is 0 Å². The fourth-order valence-electron chi connectivity index (χ4n) is 2.18. The molecule has 0 spiro atoms. The first-order chi connectivity index (χ1) is 9.28. The Morgan fingerprint density at radius 3 is 2.75 bits per heavy atom. The first-order valence-electron chi connectivity index (χ1n) is 6.24. The summed E-state index contributed by atoms with van der Waals surface area (Å²) in [6, 6.07) is -0.673. The van der Waals surface area contributed by atoms with E-state index >= 15 is 0 Å². The number of piperazine rings is 1. The van der Waals surface area contributed by atoms with Gasteiger partial charge >= 0.3 is 0 Å². The van der Waals surface area contributed by atoms with Gasteiger partial charge in [0, 0.05) is 5.25 Å². The third-order valence-corrected chi connectivity index (χ3v) is 6.64. The van der Waals surface area contributed by atoms with Crippen LogP contribution in [-0.2, 0) is 24.2 Å². The van der Waals surface area contributed by atoms with Gasteiger partial charge in [0.15, 0.2) is 9.84 Å². The van der Waals surface area contributed by atoms with Gasteiger partial charge in [-0.3, -0.25) is 19.7 Å². The van der Waals surface area contributed by atoms with E-state index in [1.807, 2.05) is 0 Å². The zero-order valence-corrected chi connectivity index (χ0v) is 12.6. The lowest BCUT2D eigenvalue weighted by molar-refractivity contribution is -0.148. The molecule has 2 saturated heterocycles. The minimum Gasteiger partial charge on any atom is -0.321 e. The summed E-state index contributed by atoms with van der Waals surface area (Å²) in [5.74, 6) is -0.932. The van der Waals surface area contributed by atoms with Crippen LogP contribution in [0.3, 0.4) is 0 Å². The SMILES string of the molecule is CC1C(=O)NC(=O)CN1C(=O)CSC1CCS(=O)(=O)C1. The van der Waals surface area contributed by atoms with Crippen LogP contribution in [-0.4, -0.2) is 66.1 Å². The largest absolute Gasteiger partial charge is 0.321 e. The molecule has 0 aliphatic carbocycles. The van der Waals surface area contributed by atoms with E-state index in [2.05, 4.69) is 5.32 Å². The van der Waals surface area contributed by atoms with E-state index in [1.54, 1.807) is 6.92 Å². The quantitative estimate of drug-likeness (QED) is 0.654. The van der Waals surface area contributed by atoms with Crippen LogP contribution in [0.1, 0.15) is 13.3 Å². The number of sulfone groups is 1. The fraction of sp³-hybridized carbons (Fsp3) is 0.727. The molecule has 2 atom stereocenters. The molecule has 20 heavy (non-hydrogen) atoms. The molecule has 0 aromatic rings. The van der Waals surface area contributed by atoms with Gasteiger partial charge in [-0.1, -0.05) is 0 Å². The zero-order valence-electron chi connectivity index (χ0n) is 11.0. The lowest BCUT2D eigenvalue weighted by Crippen LogP contribution is -2.59. The van der Waals surface area contributed by atoms with Gasteiger partial charge in [0.25, 0.3) is 0 Å². The number of carbonyl (C=O) groups excluding carboxylic acids is 3. The average Bonchev–Trinajstić information content (AvgIpc) is 2.70. The lowest BCUT2D eigenvalue weighted by Gasteiger charge is -2.31. The van der Waals surface area contributed by atoms with Crippen molar-refractivity contribution in [1.82, 2.24) is 10.2 Å². The first kappa shape index (κ1) is 15.3. The number of nitrogens with one attached hydrogen (secondary N) is 1. The minimum atomic E-state index is -2.96. The summed E-state index contributed by atoms with van der Waals surface area (Å²) >= 11 is 1.28. The van der Waals surface area contributed by atoms with E-state index in [0.29, 0.717) is 6.42 Å². The summed E-state index contributed by atoms with van der Waals surface area (Å²) in [7, 11) is -2.96. The highest BCUT2D eigenvalue weighted by molar-refractivity contribution is 8.02. The van der Waals surface area contributed by atoms with Crippen molar-refractivity contribution in [2.45, 2.75) is 24.6 Å². The predicted octanol–water partition coefficient (Wildman–Crippen LogP) is -1.22. The standard InChI is InChI=1S/C11H16N2O5S2/c1-7-11(16)12-9(14)4-13(7)10(15)5-19-8-2-3-20(17,18)6-8/h7-8H,2-6H2,1H3,(H,12,14,16). The third kappa shape index (κ3) is 3.51. The third-order valence-electron chi connectivity index (χ3n) is 3.38. The summed E-state index contributed by atoms with van der Waals surface area (Å²) in [5, 5.41) is 2.09. The number of carbonyl (C=O) groups is 3. The summed E-state index contributed by atoms with van der Waals surface area (Å²) in [4.78, 5) is 36.0. The second kappa shape index (κ2) is 5.72. The van der Waals surface area contributed by atoms with E-state index in [4.69, 9.17) is 0 Å². The Labute approximate surface area is 121 Å². The Kier molecular flexibility index (Phi) is 4.38. The van der Waals surface area contributed by atoms with Crippen LogP contribution >= 0.6 is 11.8 Å². The molecule has 2 unspecified atom stereocenters. The molecule has 0 radical (unpaired) electrons. The number of nitrogens with zero attached hydrogens (tertiary/aromatic N) is 1. The normalized spacial score (nSPS) is 29.4. The van der Waals surface area contributed by atoms with Crippen LogP contribution in [0.15, 0.2) is 0 Å². The highest BCUT2D eigenvalue weighted by Gasteiger charge is 2.34. The molecule has 0 aromatic carbocycles. The molecule has 1 N–H and O–H groups in total. The Hall–Kier alpha value is -1.09. The summed E-state index contributed by atoms with van der Waals surface area (Å²) in [6.07, 6.45) is 0.551. The van der Waals surface area contributed by atoms with Crippen molar-refractivity contribution in [3.63, 3.8) is 0 Å². The molecule has 112 valence electrons. The molecule has 0 bridgehead atoms. The second-order valence-corrected chi connectivity index (χ2v) is 8.46.